The molecule has 0 bridgehead atoms. The molecule has 0 amide bonds. The number of aliphatic hydroxyl groups excluding tert-OH is 1. The second kappa shape index (κ2) is 3.40. The molecule has 1 N–H and O–H groups in total. The van der Waals surface area contributed by atoms with Gasteiger partial charge in [0.1, 0.15) is 0 Å². The summed E-state index contributed by atoms with van der Waals surface area (Å²) in [6.07, 6.45) is -0.766. The Labute approximate surface area is 53.6 Å². The van der Waals surface area contributed by atoms with Crippen LogP contribution in [0.1, 0.15) is 20.3 Å². The van der Waals surface area contributed by atoms with Crippen LogP contribution in [0.3, 0.4) is 0 Å². The number of hydrogen-bond acceptors (Lipinski definition) is 3. The maximum Gasteiger partial charge on any atom is 0.315 e. The fourth-order valence-electron chi connectivity index (χ4n) is 0.419. The molecule has 0 aliphatic carbocycles. The lowest BCUT2D eigenvalue weighted by atomic mass is 10.1. The van der Waals surface area contributed by atoms with Crippen molar-refractivity contribution < 1.29 is 10.0 Å². The summed E-state index contributed by atoms with van der Waals surface area (Å²) in [5.74, 6) is -0.250. The van der Waals surface area contributed by atoms with Crippen LogP contribution in [-0.2, 0) is 0 Å². The molecule has 2 atom stereocenters. The molecule has 9 heavy (non-hydrogen) atoms. The third-order valence-electron chi connectivity index (χ3n) is 1.37. The minimum absolute atomic E-state index is 0.250. The zero-order valence-electron chi connectivity index (χ0n) is 5.57. The molecule has 2 unspecified atom stereocenters. The van der Waals surface area contributed by atoms with Gasteiger partial charge in [0.05, 0.1) is 10.8 Å². The monoisotopic (exact) mass is 133 g/mol. The summed E-state index contributed by atoms with van der Waals surface area (Å²) in [4.78, 5) is 9.18. The smallest absolute Gasteiger partial charge is 0.315 e. The summed E-state index contributed by atoms with van der Waals surface area (Å²) in [5, 5.41) is 18.6. The lowest BCUT2D eigenvalue weighted by molar-refractivity contribution is -0.580. The normalized spacial score (nSPS) is 16.8. The summed E-state index contributed by atoms with van der Waals surface area (Å²) in [5.41, 5.74) is 0. The molecule has 0 rings (SSSR count). The van der Waals surface area contributed by atoms with Crippen molar-refractivity contribution in [3.63, 3.8) is 0 Å². The first-order chi connectivity index (χ1) is 4.09. The van der Waals surface area contributed by atoms with Crippen LogP contribution in [0, 0.1) is 16.0 Å². The van der Waals surface area contributed by atoms with Crippen molar-refractivity contribution in [1.29, 1.82) is 0 Å². The second-order valence-corrected chi connectivity index (χ2v) is 2.08. The van der Waals surface area contributed by atoms with Gasteiger partial charge in [0.2, 0.25) is 0 Å². The van der Waals surface area contributed by atoms with Gasteiger partial charge in [0.15, 0.2) is 0 Å². The van der Waals surface area contributed by atoms with Crippen molar-refractivity contribution in [1.82, 2.24) is 0 Å². The van der Waals surface area contributed by atoms with E-state index in [1.54, 1.807) is 13.8 Å². The average Bonchev–Trinajstić information content (AvgIpc) is 1.84. The van der Waals surface area contributed by atoms with Crippen molar-refractivity contribution >= 4 is 0 Å². The zero-order chi connectivity index (χ0) is 7.44. The Balaban J connectivity index is 3.72. The predicted octanol–water partition coefficient (Wildman–Crippen LogP) is 0.628. The van der Waals surface area contributed by atoms with Gasteiger partial charge < -0.3 is 5.11 Å². The van der Waals surface area contributed by atoms with Gasteiger partial charge in [-0.25, -0.2) is 0 Å². The summed E-state index contributed by atoms with van der Waals surface area (Å²) in [6, 6.07) is 0. The number of nitro groups is 1. The van der Waals surface area contributed by atoms with Gasteiger partial charge in [-0.2, -0.15) is 0 Å². The van der Waals surface area contributed by atoms with Crippen LogP contribution in [0.5, 0.6) is 0 Å². The van der Waals surface area contributed by atoms with Gasteiger partial charge >= 0.3 is 6.23 Å². The highest BCUT2D eigenvalue weighted by atomic mass is 16.7. The van der Waals surface area contributed by atoms with Gasteiger partial charge in [-0.1, -0.05) is 13.8 Å². The van der Waals surface area contributed by atoms with Crippen molar-refractivity contribution in [2.75, 3.05) is 0 Å². The van der Waals surface area contributed by atoms with Gasteiger partial charge in [0, 0.05) is 0 Å². The average molecular weight is 133 g/mol. The number of rotatable bonds is 3. The zero-order valence-corrected chi connectivity index (χ0v) is 5.57. The molecule has 0 radical (unpaired) electrons. The first-order valence-corrected chi connectivity index (χ1v) is 2.91. The van der Waals surface area contributed by atoms with Crippen LogP contribution >= 0.6 is 0 Å². The van der Waals surface area contributed by atoms with E-state index < -0.39 is 11.2 Å². The molecule has 0 fully saturated rings. The van der Waals surface area contributed by atoms with Crippen LogP contribution in [0.4, 0.5) is 0 Å². The summed E-state index contributed by atoms with van der Waals surface area (Å²) in [6.45, 7) is 3.45. The molecule has 0 saturated heterocycles. The van der Waals surface area contributed by atoms with Crippen LogP contribution in [0.25, 0.3) is 0 Å². The van der Waals surface area contributed by atoms with Crippen LogP contribution in [0.15, 0.2) is 0 Å². The largest absolute Gasteiger partial charge is 0.333 e. The molecule has 0 saturated carbocycles. The Hall–Kier alpha value is -0.640. The van der Waals surface area contributed by atoms with Crippen LogP contribution in [0.2, 0.25) is 0 Å². The van der Waals surface area contributed by atoms with Crippen LogP contribution in [-0.4, -0.2) is 16.3 Å². The standard InChI is InChI=1S/C5H11NO3/c1-3-4(2)5(7)6(8)9/h4-5,7H,3H2,1-2H3. The van der Waals surface area contributed by atoms with Crippen molar-refractivity contribution in [2.45, 2.75) is 26.5 Å². The molecule has 0 spiro atoms. The van der Waals surface area contributed by atoms with E-state index in [4.69, 9.17) is 5.11 Å². The first kappa shape index (κ1) is 8.36. The van der Waals surface area contributed by atoms with E-state index in [1.165, 1.54) is 0 Å². The molecule has 0 aromatic carbocycles. The van der Waals surface area contributed by atoms with Crippen molar-refractivity contribution in [3.05, 3.63) is 10.1 Å². The van der Waals surface area contributed by atoms with E-state index in [2.05, 4.69) is 0 Å². The Morgan fingerprint density at radius 3 is 2.33 bits per heavy atom. The molecular weight excluding hydrogens is 122 g/mol. The quantitative estimate of drug-likeness (QED) is 0.349. The summed E-state index contributed by atoms with van der Waals surface area (Å²) < 4.78 is 0. The van der Waals surface area contributed by atoms with Gasteiger partial charge in [-0.05, 0) is 6.42 Å². The Bertz CT molecular complexity index is 104. The fraction of sp³-hybridized carbons (Fsp3) is 1.00. The molecule has 0 aliphatic heterocycles. The molecular formula is C5H11NO3. The van der Waals surface area contributed by atoms with Gasteiger partial charge in [-0.15, -0.1) is 0 Å². The van der Waals surface area contributed by atoms with Gasteiger partial charge in [-0.3, -0.25) is 10.1 Å². The second-order valence-electron chi connectivity index (χ2n) is 2.08. The minimum Gasteiger partial charge on any atom is -0.333 e. The molecule has 0 aromatic rings. The number of nitrogens with zero attached hydrogens (tertiary/aromatic N) is 1. The van der Waals surface area contributed by atoms with E-state index in [0.29, 0.717) is 6.42 Å². The maximum absolute atomic E-state index is 9.86. The first-order valence-electron chi connectivity index (χ1n) is 2.91. The highest BCUT2D eigenvalue weighted by Crippen LogP contribution is 2.06. The predicted molar refractivity (Wildman–Crippen MR) is 32.5 cm³/mol. The van der Waals surface area contributed by atoms with E-state index in [-0.39, 0.29) is 5.92 Å². The number of aliphatic hydroxyl groups is 1. The summed E-state index contributed by atoms with van der Waals surface area (Å²) >= 11 is 0. The van der Waals surface area contributed by atoms with Crippen LogP contribution < -0.4 is 0 Å². The molecule has 0 aromatic heterocycles. The van der Waals surface area contributed by atoms with E-state index in [1.807, 2.05) is 0 Å². The van der Waals surface area contributed by atoms with E-state index >= 15 is 0 Å². The minimum atomic E-state index is -1.39. The Morgan fingerprint density at radius 1 is 1.78 bits per heavy atom. The number of hydrogen-bond donors (Lipinski definition) is 1. The molecule has 4 heteroatoms. The lowest BCUT2D eigenvalue weighted by Crippen LogP contribution is -2.25. The molecule has 54 valence electrons. The third-order valence-corrected chi connectivity index (χ3v) is 1.37. The lowest BCUT2D eigenvalue weighted by Gasteiger charge is -2.07. The maximum atomic E-state index is 9.86. The third kappa shape index (κ3) is 2.41. The van der Waals surface area contributed by atoms with Crippen molar-refractivity contribution in [2.24, 2.45) is 5.92 Å². The highest BCUT2D eigenvalue weighted by Gasteiger charge is 2.21. The fourth-order valence-corrected chi connectivity index (χ4v) is 0.419. The highest BCUT2D eigenvalue weighted by molar-refractivity contribution is 4.49. The van der Waals surface area contributed by atoms with E-state index in [9.17, 15) is 10.1 Å². The topological polar surface area (TPSA) is 63.4 Å². The SMILES string of the molecule is CCC(C)C(O)[N+](=O)[O-]. The summed E-state index contributed by atoms with van der Waals surface area (Å²) in [7, 11) is 0. The molecule has 4 nitrogen and oxygen atoms in total. The molecule has 0 heterocycles. The Morgan fingerprint density at radius 2 is 2.22 bits per heavy atom. The van der Waals surface area contributed by atoms with Crippen molar-refractivity contribution in [3.8, 4) is 0 Å². The van der Waals surface area contributed by atoms with E-state index in [0.717, 1.165) is 0 Å². The van der Waals surface area contributed by atoms with Gasteiger partial charge in [0.25, 0.3) is 0 Å². The Kier molecular flexibility index (Phi) is 3.16. The molecule has 0 aliphatic rings.